The van der Waals surface area contributed by atoms with Gasteiger partial charge < -0.3 is 10.6 Å². The number of nitrogens with one attached hydrogen (secondary N) is 2. The van der Waals surface area contributed by atoms with Crippen LogP contribution in [-0.4, -0.2) is 30.6 Å². The molecular weight excluding hydrogens is 234 g/mol. The van der Waals surface area contributed by atoms with Crippen molar-refractivity contribution in [1.82, 2.24) is 10.6 Å². The van der Waals surface area contributed by atoms with Crippen LogP contribution in [0.1, 0.15) is 53.4 Å². The van der Waals surface area contributed by atoms with E-state index in [9.17, 15) is 8.78 Å². The molecule has 0 aromatic carbocycles. The van der Waals surface area contributed by atoms with E-state index in [1.807, 2.05) is 0 Å². The molecule has 1 fully saturated rings. The van der Waals surface area contributed by atoms with Crippen molar-refractivity contribution in [2.45, 2.75) is 70.9 Å². The maximum absolute atomic E-state index is 13.0. The van der Waals surface area contributed by atoms with Gasteiger partial charge in [-0.05, 0) is 53.0 Å². The highest BCUT2D eigenvalue weighted by Crippen LogP contribution is 2.35. The van der Waals surface area contributed by atoms with Crippen molar-refractivity contribution in [2.24, 2.45) is 5.92 Å². The number of halogens is 2. The maximum atomic E-state index is 13.0. The van der Waals surface area contributed by atoms with E-state index in [1.54, 1.807) is 0 Å². The minimum absolute atomic E-state index is 0.0635. The Kier molecular flexibility index (Phi) is 5.53. The topological polar surface area (TPSA) is 24.1 Å². The maximum Gasteiger partial charge on any atom is 0.248 e. The third-order valence-corrected chi connectivity index (χ3v) is 3.53. The van der Waals surface area contributed by atoms with Crippen molar-refractivity contribution in [3.05, 3.63) is 0 Å². The predicted octanol–water partition coefficient (Wildman–Crippen LogP) is 3.18. The van der Waals surface area contributed by atoms with E-state index in [0.717, 1.165) is 13.1 Å². The fourth-order valence-corrected chi connectivity index (χ4v) is 2.20. The fourth-order valence-electron chi connectivity index (χ4n) is 2.20. The molecule has 0 radical (unpaired) electrons. The van der Waals surface area contributed by atoms with E-state index in [2.05, 4.69) is 38.3 Å². The first-order chi connectivity index (χ1) is 8.18. The summed E-state index contributed by atoms with van der Waals surface area (Å²) >= 11 is 0. The quantitative estimate of drug-likeness (QED) is 0.795. The highest BCUT2D eigenvalue weighted by atomic mass is 19.3. The fraction of sp³-hybridized carbons (Fsp3) is 1.00. The van der Waals surface area contributed by atoms with E-state index >= 15 is 0 Å². The summed E-state index contributed by atoms with van der Waals surface area (Å²) in [6.45, 7) is 10.3. The van der Waals surface area contributed by atoms with Crippen LogP contribution in [0.25, 0.3) is 0 Å². The molecule has 1 rings (SSSR count). The zero-order chi connectivity index (χ0) is 13.8. The normalized spacial score (nSPS) is 23.0. The van der Waals surface area contributed by atoms with E-state index in [0.29, 0.717) is 24.8 Å². The summed E-state index contributed by atoms with van der Waals surface area (Å²) in [5, 5.41) is 6.88. The second-order valence-corrected chi connectivity index (χ2v) is 6.74. The Bertz CT molecular complexity index is 239. The average Bonchev–Trinajstić information content (AvgIpc) is 2.24. The molecule has 1 saturated carbocycles. The molecule has 0 bridgehead atoms. The Hall–Kier alpha value is -0.220. The Morgan fingerprint density at radius 2 is 1.78 bits per heavy atom. The van der Waals surface area contributed by atoms with Gasteiger partial charge in [0, 0.05) is 31.0 Å². The molecule has 0 heterocycles. The van der Waals surface area contributed by atoms with E-state index < -0.39 is 5.92 Å². The summed E-state index contributed by atoms with van der Waals surface area (Å²) < 4.78 is 26.0. The molecule has 1 aliphatic rings. The average molecular weight is 262 g/mol. The Morgan fingerprint density at radius 1 is 1.22 bits per heavy atom. The first-order valence-electron chi connectivity index (χ1n) is 7.04. The summed E-state index contributed by atoms with van der Waals surface area (Å²) in [6.07, 6.45) is 1.43. The van der Waals surface area contributed by atoms with E-state index in [-0.39, 0.29) is 18.4 Å². The van der Waals surface area contributed by atoms with Crippen LogP contribution >= 0.6 is 0 Å². The van der Waals surface area contributed by atoms with Crippen molar-refractivity contribution in [1.29, 1.82) is 0 Å². The molecule has 2 nitrogen and oxygen atoms in total. The van der Waals surface area contributed by atoms with Crippen molar-refractivity contribution in [3.8, 4) is 0 Å². The third kappa shape index (κ3) is 6.64. The number of rotatable bonds is 5. The standard InChI is InChI=1S/C14H28F2N2/c1-11(9-18-13(2,3)4)17-10-12-5-7-14(15,16)8-6-12/h11-12,17-18H,5-10H2,1-4H3. The lowest BCUT2D eigenvalue weighted by molar-refractivity contribution is -0.0456. The van der Waals surface area contributed by atoms with Crippen molar-refractivity contribution < 1.29 is 8.78 Å². The highest BCUT2D eigenvalue weighted by molar-refractivity contribution is 4.80. The van der Waals surface area contributed by atoms with E-state index in [1.165, 1.54) is 0 Å². The van der Waals surface area contributed by atoms with Gasteiger partial charge >= 0.3 is 0 Å². The molecular formula is C14H28F2N2. The van der Waals surface area contributed by atoms with Crippen LogP contribution < -0.4 is 10.6 Å². The smallest absolute Gasteiger partial charge is 0.248 e. The minimum Gasteiger partial charge on any atom is -0.313 e. The predicted molar refractivity (Wildman–Crippen MR) is 72.1 cm³/mol. The first kappa shape index (κ1) is 15.8. The van der Waals surface area contributed by atoms with Crippen LogP contribution in [0, 0.1) is 5.92 Å². The number of alkyl halides is 2. The van der Waals surface area contributed by atoms with Gasteiger partial charge in [-0.25, -0.2) is 8.78 Å². The van der Waals surface area contributed by atoms with Crippen molar-refractivity contribution in [3.63, 3.8) is 0 Å². The van der Waals surface area contributed by atoms with Crippen LogP contribution in [0.4, 0.5) is 8.78 Å². The van der Waals surface area contributed by atoms with Gasteiger partial charge in [-0.15, -0.1) is 0 Å². The van der Waals surface area contributed by atoms with Gasteiger partial charge in [-0.3, -0.25) is 0 Å². The second-order valence-electron chi connectivity index (χ2n) is 6.74. The van der Waals surface area contributed by atoms with Gasteiger partial charge in [-0.1, -0.05) is 0 Å². The van der Waals surface area contributed by atoms with Gasteiger partial charge in [0.15, 0.2) is 0 Å². The highest BCUT2D eigenvalue weighted by Gasteiger charge is 2.34. The molecule has 0 saturated heterocycles. The minimum atomic E-state index is -2.41. The summed E-state index contributed by atoms with van der Waals surface area (Å²) in [5.41, 5.74) is 0.128. The number of hydrogen-bond acceptors (Lipinski definition) is 2. The lowest BCUT2D eigenvalue weighted by Crippen LogP contribution is -2.45. The van der Waals surface area contributed by atoms with Crippen molar-refractivity contribution in [2.75, 3.05) is 13.1 Å². The van der Waals surface area contributed by atoms with Gasteiger partial charge in [0.25, 0.3) is 0 Å². The third-order valence-electron chi connectivity index (χ3n) is 3.53. The summed E-state index contributed by atoms with van der Waals surface area (Å²) in [5.74, 6) is -1.99. The lowest BCUT2D eigenvalue weighted by Gasteiger charge is -2.30. The zero-order valence-electron chi connectivity index (χ0n) is 12.2. The van der Waals surface area contributed by atoms with Crippen LogP contribution in [-0.2, 0) is 0 Å². The molecule has 0 spiro atoms. The van der Waals surface area contributed by atoms with Crippen LogP contribution in [0.2, 0.25) is 0 Å². The lowest BCUT2D eigenvalue weighted by atomic mass is 9.86. The molecule has 108 valence electrons. The molecule has 4 heteroatoms. The Morgan fingerprint density at radius 3 is 2.28 bits per heavy atom. The van der Waals surface area contributed by atoms with Crippen LogP contribution in [0.3, 0.4) is 0 Å². The Labute approximate surface area is 110 Å². The monoisotopic (exact) mass is 262 g/mol. The molecule has 0 aromatic heterocycles. The van der Waals surface area contributed by atoms with Gasteiger partial charge in [-0.2, -0.15) is 0 Å². The molecule has 1 unspecified atom stereocenters. The van der Waals surface area contributed by atoms with Crippen molar-refractivity contribution >= 4 is 0 Å². The zero-order valence-corrected chi connectivity index (χ0v) is 12.2. The van der Waals surface area contributed by atoms with Gasteiger partial charge in [0.1, 0.15) is 0 Å². The molecule has 1 aliphatic carbocycles. The molecule has 0 aliphatic heterocycles. The molecule has 2 N–H and O–H groups in total. The summed E-state index contributed by atoms with van der Waals surface area (Å²) in [7, 11) is 0. The van der Waals surface area contributed by atoms with Crippen LogP contribution in [0.15, 0.2) is 0 Å². The molecule has 0 aromatic rings. The first-order valence-corrected chi connectivity index (χ1v) is 7.04. The molecule has 18 heavy (non-hydrogen) atoms. The second kappa shape index (κ2) is 6.29. The molecule has 0 amide bonds. The summed E-state index contributed by atoms with van der Waals surface area (Å²) in [4.78, 5) is 0. The van der Waals surface area contributed by atoms with Crippen LogP contribution in [0.5, 0.6) is 0 Å². The number of hydrogen-bond donors (Lipinski definition) is 2. The van der Waals surface area contributed by atoms with E-state index in [4.69, 9.17) is 0 Å². The molecule has 1 atom stereocenters. The summed E-state index contributed by atoms with van der Waals surface area (Å²) in [6, 6.07) is 0.381. The largest absolute Gasteiger partial charge is 0.313 e. The Balaban J connectivity index is 2.14. The van der Waals surface area contributed by atoms with Gasteiger partial charge in [0.05, 0.1) is 0 Å². The SMILES string of the molecule is CC(CNC(C)(C)C)NCC1CCC(F)(F)CC1. The van der Waals surface area contributed by atoms with Gasteiger partial charge in [0.2, 0.25) is 5.92 Å².